The highest BCUT2D eigenvalue weighted by Crippen LogP contribution is 2.44. The standard InChI is InChI=1S/C12H19F2NO5S/c13-12(14,21(17,18)19)4-1-5-20-11(16)15-10-7-8-2-3-9(10)6-8/h8-10H,1-7H2,(H,15,16)(H,17,18,19). The highest BCUT2D eigenvalue weighted by Gasteiger charge is 2.43. The topological polar surface area (TPSA) is 92.7 Å². The van der Waals surface area contributed by atoms with Gasteiger partial charge in [0.25, 0.3) is 0 Å². The molecule has 2 fully saturated rings. The molecule has 2 aliphatic rings. The van der Waals surface area contributed by atoms with E-state index < -0.39 is 27.9 Å². The Hall–Kier alpha value is -0.960. The highest BCUT2D eigenvalue weighted by molar-refractivity contribution is 7.86. The molecule has 122 valence electrons. The van der Waals surface area contributed by atoms with Crippen LogP contribution in [-0.4, -0.2) is 37.0 Å². The average Bonchev–Trinajstić information content (AvgIpc) is 2.95. The number of halogens is 2. The lowest BCUT2D eigenvalue weighted by Crippen LogP contribution is -2.39. The van der Waals surface area contributed by atoms with Crippen LogP contribution in [0.5, 0.6) is 0 Å². The minimum Gasteiger partial charge on any atom is -0.450 e. The van der Waals surface area contributed by atoms with Crippen LogP contribution in [0.15, 0.2) is 0 Å². The van der Waals surface area contributed by atoms with E-state index in [2.05, 4.69) is 5.32 Å². The predicted octanol–water partition coefficient (Wildman–Crippen LogP) is 2.16. The van der Waals surface area contributed by atoms with Gasteiger partial charge in [-0.3, -0.25) is 4.55 Å². The minimum atomic E-state index is -5.42. The number of nitrogens with one attached hydrogen (secondary N) is 1. The summed E-state index contributed by atoms with van der Waals surface area (Å²) >= 11 is 0. The summed E-state index contributed by atoms with van der Waals surface area (Å²) in [7, 11) is -5.42. The van der Waals surface area contributed by atoms with E-state index in [-0.39, 0.29) is 19.1 Å². The van der Waals surface area contributed by atoms with Crippen LogP contribution in [0.1, 0.15) is 38.5 Å². The fourth-order valence-electron chi connectivity index (χ4n) is 3.19. The summed E-state index contributed by atoms with van der Waals surface area (Å²) in [6.45, 7) is -0.322. The molecule has 2 saturated carbocycles. The van der Waals surface area contributed by atoms with E-state index in [0.717, 1.165) is 19.3 Å². The highest BCUT2D eigenvalue weighted by atomic mass is 32.2. The molecule has 0 saturated heterocycles. The average molecular weight is 327 g/mol. The molecule has 2 bridgehead atoms. The van der Waals surface area contributed by atoms with Crippen LogP contribution in [0.2, 0.25) is 0 Å². The molecule has 1 amide bonds. The second-order valence-electron chi connectivity index (χ2n) is 5.78. The van der Waals surface area contributed by atoms with E-state index in [1.807, 2.05) is 0 Å². The Kier molecular flexibility index (Phi) is 4.72. The normalized spacial score (nSPS) is 28.6. The predicted molar refractivity (Wildman–Crippen MR) is 69.4 cm³/mol. The van der Waals surface area contributed by atoms with Crippen molar-refractivity contribution in [3.8, 4) is 0 Å². The molecule has 0 aromatic heterocycles. The largest absolute Gasteiger partial charge is 0.450 e. The van der Waals surface area contributed by atoms with Gasteiger partial charge in [-0.15, -0.1) is 0 Å². The first-order chi connectivity index (χ1) is 9.69. The number of hydrogen-bond acceptors (Lipinski definition) is 4. The summed E-state index contributed by atoms with van der Waals surface area (Å²) in [5, 5.41) is -1.49. The number of alkyl carbamates (subject to hydrolysis) is 1. The molecule has 0 heterocycles. The molecule has 21 heavy (non-hydrogen) atoms. The summed E-state index contributed by atoms with van der Waals surface area (Å²) < 4.78 is 59.6. The molecular weight excluding hydrogens is 308 g/mol. The zero-order chi connectivity index (χ0) is 15.7. The van der Waals surface area contributed by atoms with Crippen LogP contribution in [0.3, 0.4) is 0 Å². The molecule has 3 unspecified atom stereocenters. The van der Waals surface area contributed by atoms with Gasteiger partial charge in [0.1, 0.15) is 0 Å². The van der Waals surface area contributed by atoms with E-state index in [0.29, 0.717) is 11.8 Å². The monoisotopic (exact) mass is 327 g/mol. The van der Waals surface area contributed by atoms with Crippen molar-refractivity contribution in [1.82, 2.24) is 5.32 Å². The molecule has 9 heteroatoms. The minimum absolute atomic E-state index is 0.0931. The number of carbonyl (C=O) groups excluding carboxylic acids is 1. The molecule has 0 spiro atoms. The first kappa shape index (κ1) is 16.4. The van der Waals surface area contributed by atoms with Gasteiger partial charge in [-0.1, -0.05) is 6.42 Å². The lowest BCUT2D eigenvalue weighted by molar-refractivity contribution is 0.0593. The molecule has 2 rings (SSSR count). The van der Waals surface area contributed by atoms with Crippen LogP contribution in [0.25, 0.3) is 0 Å². The third-order valence-corrected chi connectivity index (χ3v) is 5.22. The second-order valence-corrected chi connectivity index (χ2v) is 7.32. The van der Waals surface area contributed by atoms with Gasteiger partial charge in [0.15, 0.2) is 0 Å². The zero-order valence-corrected chi connectivity index (χ0v) is 12.2. The number of hydrogen-bond donors (Lipinski definition) is 2. The quantitative estimate of drug-likeness (QED) is 0.576. The summed E-state index contributed by atoms with van der Waals surface area (Å²) in [6.07, 6.45) is 2.23. The van der Waals surface area contributed by atoms with Crippen molar-refractivity contribution in [2.45, 2.75) is 49.8 Å². The summed E-state index contributed by atoms with van der Waals surface area (Å²) in [6, 6.07) is 0.0931. The van der Waals surface area contributed by atoms with E-state index in [4.69, 9.17) is 9.29 Å². The number of rotatable bonds is 6. The van der Waals surface area contributed by atoms with Crippen molar-refractivity contribution in [3.05, 3.63) is 0 Å². The SMILES string of the molecule is O=C(NC1CC2CCC1C2)OCCCC(F)(F)S(=O)(=O)O. The fraction of sp³-hybridized carbons (Fsp3) is 0.917. The van der Waals surface area contributed by atoms with Crippen molar-refractivity contribution in [2.24, 2.45) is 11.8 Å². The van der Waals surface area contributed by atoms with E-state index >= 15 is 0 Å². The van der Waals surface area contributed by atoms with Crippen molar-refractivity contribution in [3.63, 3.8) is 0 Å². The Bertz CT molecular complexity index is 496. The van der Waals surface area contributed by atoms with Crippen LogP contribution in [0, 0.1) is 11.8 Å². The second kappa shape index (κ2) is 6.04. The van der Waals surface area contributed by atoms with Gasteiger partial charge in [-0.2, -0.15) is 17.2 Å². The number of ether oxygens (including phenoxy) is 1. The third-order valence-electron chi connectivity index (χ3n) is 4.26. The van der Waals surface area contributed by atoms with Gasteiger partial charge >= 0.3 is 21.5 Å². The maximum atomic E-state index is 12.9. The van der Waals surface area contributed by atoms with Gasteiger partial charge in [-0.05, 0) is 37.5 Å². The summed E-state index contributed by atoms with van der Waals surface area (Å²) in [5.41, 5.74) is 0. The summed E-state index contributed by atoms with van der Waals surface area (Å²) in [4.78, 5) is 11.5. The molecule has 0 radical (unpaired) electrons. The zero-order valence-electron chi connectivity index (χ0n) is 11.4. The van der Waals surface area contributed by atoms with E-state index in [1.54, 1.807) is 0 Å². The van der Waals surface area contributed by atoms with Crippen molar-refractivity contribution in [1.29, 1.82) is 0 Å². The Morgan fingerprint density at radius 1 is 1.33 bits per heavy atom. The molecule has 0 aromatic carbocycles. The van der Waals surface area contributed by atoms with Gasteiger partial charge in [-0.25, -0.2) is 4.79 Å². The molecular formula is C12H19F2NO5S. The van der Waals surface area contributed by atoms with Crippen molar-refractivity contribution in [2.75, 3.05) is 6.61 Å². The van der Waals surface area contributed by atoms with Crippen molar-refractivity contribution >= 4 is 16.2 Å². The Balaban J connectivity index is 1.64. The third kappa shape index (κ3) is 4.03. The van der Waals surface area contributed by atoms with Crippen LogP contribution in [-0.2, 0) is 14.9 Å². The van der Waals surface area contributed by atoms with Gasteiger partial charge in [0.05, 0.1) is 6.61 Å². The van der Waals surface area contributed by atoms with E-state index in [1.165, 1.54) is 6.42 Å². The number of amides is 1. The lowest BCUT2D eigenvalue weighted by atomic mass is 9.96. The Labute approximate surface area is 122 Å². The molecule has 2 N–H and O–H groups in total. The van der Waals surface area contributed by atoms with Gasteiger partial charge < -0.3 is 10.1 Å². The molecule has 2 aliphatic carbocycles. The van der Waals surface area contributed by atoms with E-state index in [9.17, 15) is 22.0 Å². The van der Waals surface area contributed by atoms with Crippen LogP contribution in [0.4, 0.5) is 13.6 Å². The lowest BCUT2D eigenvalue weighted by Gasteiger charge is -2.22. The van der Waals surface area contributed by atoms with Gasteiger partial charge in [0.2, 0.25) is 0 Å². The maximum Gasteiger partial charge on any atom is 0.407 e. The smallest absolute Gasteiger partial charge is 0.407 e. The Morgan fingerprint density at radius 3 is 2.57 bits per heavy atom. The molecule has 6 nitrogen and oxygen atoms in total. The molecule has 0 aliphatic heterocycles. The maximum absolute atomic E-state index is 12.9. The molecule has 0 aromatic rings. The number of fused-ring (bicyclic) bond motifs is 2. The molecule has 3 atom stereocenters. The summed E-state index contributed by atoms with van der Waals surface area (Å²) in [5.74, 6) is 1.14. The fourth-order valence-corrected chi connectivity index (χ4v) is 3.59. The van der Waals surface area contributed by atoms with Crippen LogP contribution >= 0.6 is 0 Å². The number of carbonyl (C=O) groups is 1. The first-order valence-electron chi connectivity index (χ1n) is 6.97. The van der Waals surface area contributed by atoms with Crippen LogP contribution < -0.4 is 5.32 Å². The van der Waals surface area contributed by atoms with Crippen molar-refractivity contribution < 1.29 is 31.3 Å². The first-order valence-corrected chi connectivity index (χ1v) is 8.41. The Morgan fingerprint density at radius 2 is 2.05 bits per heavy atom. The van der Waals surface area contributed by atoms with Gasteiger partial charge in [0, 0.05) is 12.5 Å². The number of alkyl halides is 2.